The maximum Gasteiger partial charge on any atom is 0.237 e. The molecule has 0 aromatic heterocycles. The lowest BCUT2D eigenvalue weighted by Crippen LogP contribution is -2.42. The number of carbonyl (C=O) groups is 1. The molecule has 126 valence electrons. The number of hydrogen-bond acceptors (Lipinski definition) is 2. The Hall–Kier alpha value is -2.57. The van der Waals surface area contributed by atoms with Gasteiger partial charge in [-0.2, -0.15) is 0 Å². The van der Waals surface area contributed by atoms with Gasteiger partial charge in [0.25, 0.3) is 0 Å². The number of nitrogens with one attached hydrogen (secondary N) is 1. The topological polar surface area (TPSA) is 32.3 Å². The Morgan fingerprint density at radius 1 is 0.920 bits per heavy atom. The lowest BCUT2D eigenvalue weighted by Gasteiger charge is -2.24. The minimum absolute atomic E-state index is 0.0104. The summed E-state index contributed by atoms with van der Waals surface area (Å²) in [5.41, 5.74) is 3.27. The summed E-state index contributed by atoms with van der Waals surface area (Å²) in [5.74, 6) is 6.88. The average Bonchev–Trinajstić information content (AvgIpc) is 3.00. The highest BCUT2D eigenvalue weighted by Gasteiger charge is 2.40. The summed E-state index contributed by atoms with van der Waals surface area (Å²) < 4.78 is 0. The summed E-state index contributed by atoms with van der Waals surface area (Å²) in [5, 5.41) is 3.06. The van der Waals surface area contributed by atoms with Gasteiger partial charge in [-0.15, -0.1) is 0 Å². The fraction of sp³-hybridized carbons (Fsp3) is 0.318. The fourth-order valence-corrected chi connectivity index (χ4v) is 3.88. The molecule has 0 aliphatic carbocycles. The van der Waals surface area contributed by atoms with Gasteiger partial charge in [-0.1, -0.05) is 42.2 Å². The van der Waals surface area contributed by atoms with Crippen LogP contribution in [0.5, 0.6) is 0 Å². The molecule has 2 aromatic rings. The molecule has 3 heteroatoms. The Morgan fingerprint density at radius 3 is 2.40 bits per heavy atom. The van der Waals surface area contributed by atoms with Crippen molar-refractivity contribution in [3.63, 3.8) is 0 Å². The zero-order chi connectivity index (χ0) is 17.1. The first-order chi connectivity index (χ1) is 12.3. The van der Waals surface area contributed by atoms with E-state index < -0.39 is 0 Å². The van der Waals surface area contributed by atoms with Crippen molar-refractivity contribution in [3.05, 3.63) is 71.3 Å². The summed E-state index contributed by atoms with van der Waals surface area (Å²) >= 11 is 0. The van der Waals surface area contributed by atoms with Crippen LogP contribution in [0.15, 0.2) is 54.6 Å². The minimum Gasteiger partial charge on any atom is -0.355 e. The monoisotopic (exact) mass is 330 g/mol. The number of amides is 1. The molecule has 0 unspecified atom stereocenters. The molecule has 2 fully saturated rings. The molecule has 0 radical (unpaired) electrons. The zero-order valence-corrected chi connectivity index (χ0v) is 14.2. The van der Waals surface area contributed by atoms with Gasteiger partial charge < -0.3 is 5.32 Å². The van der Waals surface area contributed by atoms with Gasteiger partial charge in [-0.25, -0.2) is 0 Å². The van der Waals surface area contributed by atoms with Crippen LogP contribution in [-0.4, -0.2) is 36.5 Å². The van der Waals surface area contributed by atoms with E-state index in [0.29, 0.717) is 0 Å². The molecule has 0 saturated carbocycles. The third kappa shape index (κ3) is 3.45. The Labute approximate surface area is 149 Å². The van der Waals surface area contributed by atoms with E-state index in [4.69, 9.17) is 0 Å². The molecule has 2 saturated heterocycles. The van der Waals surface area contributed by atoms with Crippen LogP contribution in [0.3, 0.4) is 0 Å². The molecule has 25 heavy (non-hydrogen) atoms. The number of rotatable bonds is 1. The minimum atomic E-state index is -0.0104. The lowest BCUT2D eigenvalue weighted by atomic mass is 9.90. The molecule has 0 bridgehead atoms. The summed E-state index contributed by atoms with van der Waals surface area (Å²) in [6.07, 6.45) is 2.09. The van der Waals surface area contributed by atoms with Crippen LogP contribution in [0.25, 0.3) is 0 Å². The first kappa shape index (κ1) is 15.9. The van der Waals surface area contributed by atoms with Gasteiger partial charge >= 0.3 is 0 Å². The van der Waals surface area contributed by atoms with Crippen LogP contribution >= 0.6 is 0 Å². The Bertz CT molecular complexity index is 801. The van der Waals surface area contributed by atoms with E-state index in [1.54, 1.807) is 0 Å². The predicted octanol–water partition coefficient (Wildman–Crippen LogP) is 2.76. The van der Waals surface area contributed by atoms with Gasteiger partial charge in [0.2, 0.25) is 5.91 Å². The standard InChI is InChI=1S/C22H22N2O/c25-22-21-20(13-16-24(21)15-4-14-23-22)19-11-9-18(10-12-19)8-7-17-5-2-1-3-6-17/h1-3,5-6,9-12,20-21H,4,13-16H2,(H,23,25)/t20-,21-/m1/s1. The number of fused-ring (bicyclic) bond motifs is 1. The quantitative estimate of drug-likeness (QED) is 0.816. The average molecular weight is 330 g/mol. The molecular formula is C22H22N2O. The molecule has 2 heterocycles. The van der Waals surface area contributed by atoms with Crippen molar-refractivity contribution in [1.29, 1.82) is 0 Å². The number of nitrogens with zero attached hydrogens (tertiary/aromatic N) is 1. The van der Waals surface area contributed by atoms with E-state index in [0.717, 1.165) is 43.6 Å². The molecular weight excluding hydrogens is 308 g/mol. The second-order valence-electron chi connectivity index (χ2n) is 6.76. The Kier molecular flexibility index (Phi) is 4.54. The number of carbonyl (C=O) groups excluding carboxylic acids is 1. The second-order valence-corrected chi connectivity index (χ2v) is 6.76. The Balaban J connectivity index is 1.52. The van der Waals surface area contributed by atoms with E-state index in [9.17, 15) is 4.79 Å². The normalized spacial score (nSPS) is 23.1. The van der Waals surface area contributed by atoms with Crippen LogP contribution in [0.1, 0.15) is 35.4 Å². The highest BCUT2D eigenvalue weighted by molar-refractivity contribution is 5.83. The van der Waals surface area contributed by atoms with Crippen molar-refractivity contribution in [2.75, 3.05) is 19.6 Å². The predicted molar refractivity (Wildman–Crippen MR) is 99.2 cm³/mol. The maximum absolute atomic E-state index is 12.4. The van der Waals surface area contributed by atoms with Crippen molar-refractivity contribution >= 4 is 5.91 Å². The van der Waals surface area contributed by atoms with Crippen molar-refractivity contribution in [2.24, 2.45) is 0 Å². The second kappa shape index (κ2) is 7.13. The molecule has 2 aliphatic rings. The van der Waals surface area contributed by atoms with Gasteiger partial charge in [0.05, 0.1) is 6.04 Å². The Morgan fingerprint density at radius 2 is 1.64 bits per heavy atom. The highest BCUT2D eigenvalue weighted by atomic mass is 16.2. The third-order valence-electron chi connectivity index (χ3n) is 5.16. The van der Waals surface area contributed by atoms with Crippen LogP contribution in [0.2, 0.25) is 0 Å². The number of hydrogen-bond donors (Lipinski definition) is 1. The smallest absolute Gasteiger partial charge is 0.237 e. The summed E-state index contributed by atoms with van der Waals surface area (Å²) in [6.45, 7) is 2.82. The van der Waals surface area contributed by atoms with Gasteiger partial charge in [-0.3, -0.25) is 9.69 Å². The molecule has 0 spiro atoms. The molecule has 3 nitrogen and oxygen atoms in total. The van der Waals surface area contributed by atoms with Crippen LogP contribution < -0.4 is 5.32 Å². The van der Waals surface area contributed by atoms with Gasteiger partial charge in [0, 0.05) is 30.1 Å². The lowest BCUT2D eigenvalue weighted by molar-refractivity contribution is -0.124. The van der Waals surface area contributed by atoms with E-state index in [2.05, 4.69) is 46.3 Å². The molecule has 4 rings (SSSR count). The zero-order valence-electron chi connectivity index (χ0n) is 14.2. The maximum atomic E-state index is 12.4. The van der Waals surface area contributed by atoms with E-state index in [1.165, 1.54) is 5.56 Å². The molecule has 1 amide bonds. The summed E-state index contributed by atoms with van der Waals surface area (Å²) in [6, 6.07) is 18.4. The van der Waals surface area contributed by atoms with Crippen LogP contribution in [0.4, 0.5) is 0 Å². The van der Waals surface area contributed by atoms with Gasteiger partial charge in [0.1, 0.15) is 0 Å². The molecule has 2 aliphatic heterocycles. The number of benzene rings is 2. The van der Waals surface area contributed by atoms with Gasteiger partial charge in [0.15, 0.2) is 0 Å². The first-order valence-electron chi connectivity index (χ1n) is 9.00. The van der Waals surface area contributed by atoms with E-state index >= 15 is 0 Å². The first-order valence-corrected chi connectivity index (χ1v) is 9.00. The molecule has 2 atom stereocenters. The third-order valence-corrected chi connectivity index (χ3v) is 5.16. The SMILES string of the molecule is O=C1NCCCN2CC[C@H](c3ccc(C#Cc4ccccc4)cc3)[C@H]12. The molecule has 1 N–H and O–H groups in total. The van der Waals surface area contributed by atoms with E-state index in [-0.39, 0.29) is 17.9 Å². The summed E-state index contributed by atoms with van der Waals surface area (Å²) in [4.78, 5) is 14.8. The summed E-state index contributed by atoms with van der Waals surface area (Å²) in [7, 11) is 0. The van der Waals surface area contributed by atoms with Crippen LogP contribution in [0, 0.1) is 11.8 Å². The van der Waals surface area contributed by atoms with Crippen molar-refractivity contribution in [3.8, 4) is 11.8 Å². The highest BCUT2D eigenvalue weighted by Crippen LogP contribution is 2.34. The van der Waals surface area contributed by atoms with Crippen molar-refractivity contribution in [1.82, 2.24) is 10.2 Å². The van der Waals surface area contributed by atoms with Crippen molar-refractivity contribution in [2.45, 2.75) is 24.8 Å². The fourth-order valence-electron chi connectivity index (χ4n) is 3.88. The largest absolute Gasteiger partial charge is 0.355 e. The van der Waals surface area contributed by atoms with Gasteiger partial charge in [-0.05, 0) is 49.2 Å². The van der Waals surface area contributed by atoms with E-state index in [1.807, 2.05) is 30.3 Å². The van der Waals surface area contributed by atoms with Crippen LogP contribution in [-0.2, 0) is 4.79 Å². The molecule has 2 aromatic carbocycles. The van der Waals surface area contributed by atoms with Crippen molar-refractivity contribution < 1.29 is 4.79 Å².